The minimum atomic E-state index is -0.513. The third-order valence-corrected chi connectivity index (χ3v) is 5.77. The Kier molecular flexibility index (Phi) is 8.02. The monoisotopic (exact) mass is 492 g/mol. The van der Waals surface area contributed by atoms with Gasteiger partial charge in [-0.15, -0.1) is 13.2 Å². The molecular weight excluding hydrogens is 463 g/mol. The number of methoxy groups -OCH3 is 1. The lowest BCUT2D eigenvalue weighted by Crippen LogP contribution is -2.37. The summed E-state index contributed by atoms with van der Waals surface area (Å²) >= 11 is 0. The molecule has 0 saturated heterocycles. The van der Waals surface area contributed by atoms with E-state index in [4.69, 9.17) is 14.2 Å². The van der Waals surface area contributed by atoms with Crippen molar-refractivity contribution < 1.29 is 23.4 Å². The molecule has 1 amide bonds. The Morgan fingerprint density at radius 1 is 1.25 bits per heavy atom. The van der Waals surface area contributed by atoms with Crippen LogP contribution in [0.4, 0.5) is 15.8 Å². The molecule has 4 rings (SSSR count). The Hall–Kier alpha value is -4.11. The molecule has 36 heavy (non-hydrogen) atoms. The Bertz CT molecular complexity index is 1260. The van der Waals surface area contributed by atoms with Gasteiger partial charge in [-0.05, 0) is 18.2 Å². The van der Waals surface area contributed by atoms with Crippen LogP contribution in [0.25, 0.3) is 11.3 Å². The number of para-hydroxylation sites is 1. The second-order valence-corrected chi connectivity index (χ2v) is 8.05. The van der Waals surface area contributed by atoms with Gasteiger partial charge in [0.2, 0.25) is 0 Å². The van der Waals surface area contributed by atoms with Crippen LogP contribution in [-0.4, -0.2) is 60.8 Å². The Balaban J connectivity index is 1.79. The number of halogens is 1. The van der Waals surface area contributed by atoms with Gasteiger partial charge in [0.25, 0.3) is 5.91 Å². The van der Waals surface area contributed by atoms with Crippen molar-refractivity contribution in [2.24, 2.45) is 0 Å². The zero-order valence-corrected chi connectivity index (χ0v) is 20.2. The molecular formula is C27H29FN4O4. The van der Waals surface area contributed by atoms with Gasteiger partial charge in [0, 0.05) is 37.0 Å². The van der Waals surface area contributed by atoms with Gasteiger partial charge in [0.05, 0.1) is 49.2 Å². The standard InChI is InChI=1S/C27H29FN4O4/c1-4-12-32-13-10-20-23(27(32)33)25(31-21-8-6-7-19(28)26(21)34-3)24(30-20)18-9-11-29-17-22(18)36-16-15-35-14-5-2/h4-9,11,17,30-31H,1-2,10,12-16H2,3H3. The van der Waals surface area contributed by atoms with E-state index in [-0.39, 0.29) is 11.7 Å². The molecule has 0 spiro atoms. The maximum absolute atomic E-state index is 14.5. The van der Waals surface area contributed by atoms with Crippen molar-refractivity contribution in [2.75, 3.05) is 45.3 Å². The summed E-state index contributed by atoms with van der Waals surface area (Å²) in [6, 6.07) is 6.39. The van der Waals surface area contributed by atoms with E-state index in [9.17, 15) is 9.18 Å². The van der Waals surface area contributed by atoms with Gasteiger partial charge in [0.15, 0.2) is 11.6 Å². The van der Waals surface area contributed by atoms with Crippen LogP contribution in [0.1, 0.15) is 16.1 Å². The van der Waals surface area contributed by atoms with E-state index < -0.39 is 5.82 Å². The van der Waals surface area contributed by atoms with Crippen LogP contribution >= 0.6 is 0 Å². The number of pyridine rings is 1. The van der Waals surface area contributed by atoms with Crippen molar-refractivity contribution in [1.29, 1.82) is 0 Å². The molecule has 0 unspecified atom stereocenters. The van der Waals surface area contributed by atoms with Gasteiger partial charge < -0.3 is 29.4 Å². The smallest absolute Gasteiger partial charge is 0.258 e. The highest BCUT2D eigenvalue weighted by Gasteiger charge is 2.32. The third kappa shape index (κ3) is 5.11. The second kappa shape index (κ2) is 11.5. The lowest BCUT2D eigenvalue weighted by Gasteiger charge is -2.26. The molecule has 1 aliphatic rings. The number of anilines is 2. The summed E-state index contributed by atoms with van der Waals surface area (Å²) in [5.41, 5.74) is 3.50. The number of aromatic amines is 1. The Morgan fingerprint density at radius 2 is 2.11 bits per heavy atom. The minimum Gasteiger partial charge on any atom is -0.492 e. The number of fused-ring (bicyclic) bond motifs is 1. The maximum atomic E-state index is 14.5. The zero-order chi connectivity index (χ0) is 25.5. The predicted molar refractivity (Wildman–Crippen MR) is 137 cm³/mol. The van der Waals surface area contributed by atoms with Gasteiger partial charge in [-0.3, -0.25) is 9.78 Å². The van der Waals surface area contributed by atoms with Crippen LogP contribution in [-0.2, 0) is 11.2 Å². The molecule has 0 atom stereocenters. The molecule has 9 heteroatoms. The van der Waals surface area contributed by atoms with E-state index >= 15 is 0 Å². The number of H-pyrrole nitrogens is 1. The van der Waals surface area contributed by atoms with Crippen LogP contribution in [0.3, 0.4) is 0 Å². The maximum Gasteiger partial charge on any atom is 0.258 e. The number of amides is 1. The first kappa shape index (κ1) is 25.0. The number of hydrogen-bond acceptors (Lipinski definition) is 6. The highest BCUT2D eigenvalue weighted by atomic mass is 19.1. The molecule has 2 N–H and O–H groups in total. The van der Waals surface area contributed by atoms with Crippen molar-refractivity contribution in [3.8, 4) is 22.8 Å². The molecule has 0 bridgehead atoms. The average molecular weight is 493 g/mol. The van der Waals surface area contributed by atoms with E-state index in [0.29, 0.717) is 73.3 Å². The van der Waals surface area contributed by atoms with E-state index in [1.54, 1.807) is 47.6 Å². The number of nitrogens with one attached hydrogen (secondary N) is 2. The summed E-state index contributed by atoms with van der Waals surface area (Å²) < 4.78 is 31.1. The van der Waals surface area contributed by atoms with Crippen molar-refractivity contribution >= 4 is 17.3 Å². The van der Waals surface area contributed by atoms with Gasteiger partial charge in [-0.1, -0.05) is 18.2 Å². The minimum absolute atomic E-state index is 0.0511. The summed E-state index contributed by atoms with van der Waals surface area (Å²) in [5, 5.41) is 3.26. The highest BCUT2D eigenvalue weighted by Crippen LogP contribution is 2.42. The molecule has 3 aromatic rings. The summed E-state index contributed by atoms with van der Waals surface area (Å²) in [6.45, 7) is 9.49. The Morgan fingerprint density at radius 3 is 2.89 bits per heavy atom. The fourth-order valence-corrected chi connectivity index (χ4v) is 4.17. The molecule has 0 saturated carbocycles. The van der Waals surface area contributed by atoms with Crippen LogP contribution in [0.2, 0.25) is 0 Å². The van der Waals surface area contributed by atoms with E-state index in [1.807, 2.05) is 0 Å². The van der Waals surface area contributed by atoms with Crippen LogP contribution in [0.5, 0.6) is 11.5 Å². The van der Waals surface area contributed by atoms with Crippen molar-refractivity contribution in [1.82, 2.24) is 14.9 Å². The highest BCUT2D eigenvalue weighted by molar-refractivity contribution is 6.06. The molecule has 8 nitrogen and oxygen atoms in total. The normalized spacial score (nSPS) is 12.7. The van der Waals surface area contributed by atoms with Gasteiger partial charge in [-0.25, -0.2) is 4.39 Å². The topological polar surface area (TPSA) is 88.7 Å². The average Bonchev–Trinajstić information content (AvgIpc) is 3.25. The van der Waals surface area contributed by atoms with E-state index in [1.165, 1.54) is 13.2 Å². The lowest BCUT2D eigenvalue weighted by molar-refractivity contribution is 0.0759. The van der Waals surface area contributed by atoms with Gasteiger partial charge >= 0.3 is 0 Å². The van der Waals surface area contributed by atoms with Gasteiger partial charge in [-0.2, -0.15) is 0 Å². The van der Waals surface area contributed by atoms with Crippen molar-refractivity contribution in [3.63, 3.8) is 0 Å². The number of rotatable bonds is 12. The molecule has 1 aromatic carbocycles. The largest absolute Gasteiger partial charge is 0.492 e. The summed E-state index contributed by atoms with van der Waals surface area (Å²) in [7, 11) is 1.40. The van der Waals surface area contributed by atoms with Crippen LogP contribution in [0.15, 0.2) is 62.0 Å². The number of nitrogens with zero attached hydrogens (tertiary/aromatic N) is 2. The van der Waals surface area contributed by atoms with E-state index in [2.05, 4.69) is 28.4 Å². The first-order valence-corrected chi connectivity index (χ1v) is 11.6. The van der Waals surface area contributed by atoms with Crippen molar-refractivity contribution in [2.45, 2.75) is 6.42 Å². The zero-order valence-electron chi connectivity index (χ0n) is 20.2. The van der Waals surface area contributed by atoms with E-state index in [0.717, 1.165) is 5.69 Å². The quantitative estimate of drug-likeness (QED) is 0.281. The molecule has 2 aromatic heterocycles. The number of aromatic nitrogens is 2. The molecule has 188 valence electrons. The Labute approximate surface area is 209 Å². The summed E-state index contributed by atoms with van der Waals surface area (Å²) in [6.07, 6.45) is 7.25. The number of ether oxygens (including phenoxy) is 3. The summed E-state index contributed by atoms with van der Waals surface area (Å²) in [4.78, 5) is 22.8. The predicted octanol–water partition coefficient (Wildman–Crippen LogP) is 4.73. The molecule has 1 aliphatic heterocycles. The van der Waals surface area contributed by atoms with Crippen LogP contribution < -0.4 is 14.8 Å². The first-order valence-electron chi connectivity index (χ1n) is 11.6. The second-order valence-electron chi connectivity index (χ2n) is 8.05. The molecule has 0 fully saturated rings. The number of benzene rings is 1. The van der Waals surface area contributed by atoms with Crippen LogP contribution in [0, 0.1) is 5.82 Å². The molecule has 3 heterocycles. The van der Waals surface area contributed by atoms with Gasteiger partial charge in [0.1, 0.15) is 12.4 Å². The fraction of sp³-hybridized carbons (Fsp3) is 0.259. The fourth-order valence-electron chi connectivity index (χ4n) is 4.17. The number of carbonyl (C=O) groups excluding carboxylic acids is 1. The van der Waals surface area contributed by atoms with Crippen molar-refractivity contribution in [3.05, 3.63) is 79.0 Å². The third-order valence-electron chi connectivity index (χ3n) is 5.77. The first-order chi connectivity index (χ1) is 17.6. The molecule has 0 radical (unpaired) electrons. The number of carbonyl (C=O) groups is 1. The SMILES string of the molecule is C=CCOCCOc1cnccc1-c1[nH]c2c(c1Nc1cccc(F)c1OC)C(=O)N(CC=C)CC2. The summed E-state index contributed by atoms with van der Waals surface area (Å²) in [5.74, 6) is -0.0930. The molecule has 0 aliphatic carbocycles. The lowest BCUT2D eigenvalue weighted by atomic mass is 10.0. The number of hydrogen-bond donors (Lipinski definition) is 2.